The van der Waals surface area contributed by atoms with Crippen LogP contribution in [0.5, 0.6) is 11.5 Å². The molecular formula is C31H33NO3S2. The molecule has 0 aliphatic heterocycles. The van der Waals surface area contributed by atoms with Crippen LogP contribution in [-0.2, 0) is 4.79 Å². The van der Waals surface area contributed by atoms with Crippen molar-refractivity contribution in [2.24, 2.45) is 5.41 Å². The van der Waals surface area contributed by atoms with Gasteiger partial charge in [-0.25, -0.2) is 0 Å². The molecule has 0 saturated carbocycles. The fourth-order valence-electron chi connectivity index (χ4n) is 3.68. The molecule has 37 heavy (non-hydrogen) atoms. The highest BCUT2D eigenvalue weighted by Crippen LogP contribution is 2.41. The third-order valence-electron chi connectivity index (χ3n) is 5.70. The van der Waals surface area contributed by atoms with Crippen LogP contribution < -0.4 is 9.47 Å². The van der Waals surface area contributed by atoms with E-state index >= 15 is 0 Å². The lowest BCUT2D eigenvalue weighted by molar-refractivity contribution is -0.142. The largest absolute Gasteiger partial charge is 0.492 e. The fourth-order valence-corrected chi connectivity index (χ4v) is 5.32. The van der Waals surface area contributed by atoms with Crippen molar-refractivity contribution in [2.45, 2.75) is 20.8 Å². The van der Waals surface area contributed by atoms with E-state index in [1.54, 1.807) is 22.7 Å². The molecule has 0 unspecified atom stereocenters. The predicted molar refractivity (Wildman–Crippen MR) is 156 cm³/mol. The van der Waals surface area contributed by atoms with E-state index in [1.807, 2.05) is 71.3 Å². The van der Waals surface area contributed by atoms with E-state index in [-0.39, 0.29) is 5.97 Å². The highest BCUT2D eigenvalue weighted by molar-refractivity contribution is 7.14. The van der Waals surface area contributed by atoms with Crippen LogP contribution in [0, 0.1) is 5.41 Å². The Labute approximate surface area is 227 Å². The Kier molecular flexibility index (Phi) is 8.64. The third kappa shape index (κ3) is 6.98. The zero-order valence-corrected chi connectivity index (χ0v) is 23.6. The van der Waals surface area contributed by atoms with E-state index in [0.29, 0.717) is 12.4 Å². The van der Waals surface area contributed by atoms with Crippen LogP contribution in [0.2, 0.25) is 0 Å². The molecule has 0 spiro atoms. The van der Waals surface area contributed by atoms with Gasteiger partial charge in [0.2, 0.25) is 0 Å². The highest BCUT2D eigenvalue weighted by atomic mass is 32.1. The summed E-state index contributed by atoms with van der Waals surface area (Å²) in [4.78, 5) is 16.9. The molecule has 0 N–H and O–H groups in total. The van der Waals surface area contributed by atoms with Crippen LogP contribution in [0.25, 0.3) is 11.1 Å². The van der Waals surface area contributed by atoms with Gasteiger partial charge in [0, 0.05) is 21.9 Å². The molecule has 0 saturated heterocycles. The minimum atomic E-state index is -0.564. The van der Waals surface area contributed by atoms with Gasteiger partial charge in [-0.3, -0.25) is 4.79 Å². The van der Waals surface area contributed by atoms with Crippen molar-refractivity contribution in [2.75, 3.05) is 27.2 Å². The summed E-state index contributed by atoms with van der Waals surface area (Å²) in [6.45, 7) is 7.06. The standard InChI is InChI=1S/C31H33NO3S2/c1-31(2,3)30(33)35-25-16-12-23(13-17-25)28(22-10-14-24(15-11-22)34-19-18-32(4)5)29(26-8-6-20-36-26)27-9-7-21-37-27/h6-17,20-21H,18-19H2,1-5H3. The van der Waals surface area contributed by atoms with Gasteiger partial charge in [-0.15, -0.1) is 22.7 Å². The number of hydrogen-bond donors (Lipinski definition) is 0. The average molecular weight is 532 g/mol. The van der Waals surface area contributed by atoms with E-state index in [0.717, 1.165) is 29.0 Å². The quantitative estimate of drug-likeness (QED) is 0.164. The number of thiophene rings is 2. The number of carbonyl (C=O) groups is 1. The van der Waals surface area contributed by atoms with Gasteiger partial charge in [0.15, 0.2) is 0 Å². The first-order valence-electron chi connectivity index (χ1n) is 12.2. The summed E-state index contributed by atoms with van der Waals surface area (Å²) < 4.78 is 11.6. The summed E-state index contributed by atoms with van der Waals surface area (Å²) >= 11 is 3.46. The Bertz CT molecular complexity index is 1280. The van der Waals surface area contributed by atoms with Gasteiger partial charge in [0.05, 0.1) is 5.41 Å². The van der Waals surface area contributed by atoms with E-state index in [4.69, 9.17) is 9.47 Å². The van der Waals surface area contributed by atoms with Crippen LogP contribution >= 0.6 is 22.7 Å². The van der Waals surface area contributed by atoms with Gasteiger partial charge >= 0.3 is 5.97 Å². The number of rotatable bonds is 9. The van der Waals surface area contributed by atoms with E-state index in [9.17, 15) is 4.79 Å². The van der Waals surface area contributed by atoms with Crippen LogP contribution in [0.3, 0.4) is 0 Å². The molecular weight excluding hydrogens is 498 g/mol. The molecule has 2 aromatic heterocycles. The smallest absolute Gasteiger partial charge is 0.316 e. The number of likely N-dealkylation sites (N-methyl/N-ethyl adjacent to an activating group) is 1. The van der Waals surface area contributed by atoms with E-state index in [2.05, 4.69) is 52.1 Å². The molecule has 4 nitrogen and oxygen atoms in total. The summed E-state index contributed by atoms with van der Waals surface area (Å²) in [5.74, 6) is 1.14. The first-order valence-corrected chi connectivity index (χ1v) is 14.0. The fraction of sp³-hybridized carbons (Fsp3) is 0.258. The van der Waals surface area contributed by atoms with Gasteiger partial charge in [0.1, 0.15) is 18.1 Å². The Morgan fingerprint density at radius 3 is 1.70 bits per heavy atom. The molecule has 2 heterocycles. The minimum Gasteiger partial charge on any atom is -0.492 e. The molecule has 0 amide bonds. The van der Waals surface area contributed by atoms with Crippen molar-refractivity contribution in [3.05, 3.63) is 104 Å². The van der Waals surface area contributed by atoms with Crippen molar-refractivity contribution in [3.63, 3.8) is 0 Å². The summed E-state index contributed by atoms with van der Waals surface area (Å²) in [6.07, 6.45) is 0. The minimum absolute atomic E-state index is 0.251. The number of ether oxygens (including phenoxy) is 2. The maximum atomic E-state index is 12.4. The Balaban J connectivity index is 1.77. The molecule has 0 aliphatic carbocycles. The predicted octanol–water partition coefficient (Wildman–Crippen LogP) is 7.71. The molecule has 6 heteroatoms. The molecule has 0 radical (unpaired) electrons. The molecule has 0 fully saturated rings. The second-order valence-electron chi connectivity index (χ2n) is 10.0. The van der Waals surface area contributed by atoms with Crippen molar-refractivity contribution in [1.82, 2.24) is 4.90 Å². The maximum Gasteiger partial charge on any atom is 0.316 e. The van der Waals surface area contributed by atoms with E-state index < -0.39 is 5.41 Å². The van der Waals surface area contributed by atoms with E-state index in [1.165, 1.54) is 15.3 Å². The average Bonchev–Trinajstić information content (AvgIpc) is 3.58. The van der Waals surface area contributed by atoms with Crippen LogP contribution in [0.1, 0.15) is 41.7 Å². The Morgan fingerprint density at radius 2 is 1.27 bits per heavy atom. The summed E-state index contributed by atoms with van der Waals surface area (Å²) in [6, 6.07) is 24.6. The zero-order valence-electron chi connectivity index (χ0n) is 22.0. The van der Waals surface area contributed by atoms with Gasteiger partial charge < -0.3 is 14.4 Å². The number of benzene rings is 2. The topological polar surface area (TPSA) is 38.8 Å². The Hall–Kier alpha value is -3.19. The van der Waals surface area contributed by atoms with Crippen LogP contribution in [-0.4, -0.2) is 38.1 Å². The molecule has 0 aliphatic rings. The molecule has 2 aromatic carbocycles. The summed E-state index contributed by atoms with van der Waals surface area (Å²) in [5, 5.41) is 4.22. The molecule has 192 valence electrons. The zero-order chi connectivity index (χ0) is 26.4. The summed E-state index contributed by atoms with van der Waals surface area (Å²) in [5.41, 5.74) is 3.89. The summed E-state index contributed by atoms with van der Waals surface area (Å²) in [7, 11) is 4.07. The first kappa shape index (κ1) is 26.9. The lowest BCUT2D eigenvalue weighted by Gasteiger charge is -2.18. The maximum absolute atomic E-state index is 12.4. The Morgan fingerprint density at radius 1 is 0.757 bits per heavy atom. The normalized spacial score (nSPS) is 11.4. The number of carbonyl (C=O) groups excluding carboxylic acids is 1. The highest BCUT2D eigenvalue weighted by Gasteiger charge is 2.24. The van der Waals surface area contributed by atoms with Crippen molar-refractivity contribution < 1.29 is 14.3 Å². The lowest BCUT2D eigenvalue weighted by atomic mass is 9.91. The SMILES string of the molecule is CN(C)CCOc1ccc(C(=C(c2cccs2)c2cccs2)c2ccc(OC(=O)C(C)(C)C)cc2)cc1. The third-order valence-corrected chi connectivity index (χ3v) is 7.48. The second-order valence-corrected chi connectivity index (χ2v) is 11.9. The number of nitrogens with zero attached hydrogens (tertiary/aromatic N) is 1. The molecule has 4 aromatic rings. The number of hydrogen-bond acceptors (Lipinski definition) is 6. The monoisotopic (exact) mass is 531 g/mol. The second kappa shape index (κ2) is 11.9. The molecule has 0 atom stereocenters. The molecule has 0 bridgehead atoms. The van der Waals surface area contributed by atoms with Crippen molar-refractivity contribution in [1.29, 1.82) is 0 Å². The van der Waals surface area contributed by atoms with Crippen molar-refractivity contribution >= 4 is 39.8 Å². The van der Waals surface area contributed by atoms with Crippen LogP contribution in [0.15, 0.2) is 83.6 Å². The first-order chi connectivity index (χ1) is 17.7. The molecule has 4 rings (SSSR count). The van der Waals surface area contributed by atoms with Crippen LogP contribution in [0.4, 0.5) is 0 Å². The van der Waals surface area contributed by atoms with Gasteiger partial charge in [-0.2, -0.15) is 0 Å². The van der Waals surface area contributed by atoms with Gasteiger partial charge in [-0.1, -0.05) is 36.4 Å². The van der Waals surface area contributed by atoms with Gasteiger partial charge in [-0.05, 0) is 98.7 Å². The number of esters is 1. The van der Waals surface area contributed by atoms with Crippen molar-refractivity contribution in [3.8, 4) is 11.5 Å². The van der Waals surface area contributed by atoms with Gasteiger partial charge in [0.25, 0.3) is 0 Å². The lowest BCUT2D eigenvalue weighted by Crippen LogP contribution is -2.25.